The number of amides is 1. The Balaban J connectivity index is 0.000001000. The maximum Gasteiger partial charge on any atom is 0.407 e. The zero-order chi connectivity index (χ0) is 7.56. The summed E-state index contributed by atoms with van der Waals surface area (Å²) in [4.78, 5) is 13.9. The molecule has 0 spiro atoms. The van der Waals surface area contributed by atoms with Crippen LogP contribution in [0.5, 0.6) is 0 Å². The average molecular weight is 330 g/mol. The molecule has 1 rings (SSSR count). The van der Waals surface area contributed by atoms with Gasteiger partial charge in [-0.2, -0.15) is 0 Å². The molecular weight excluding hydrogens is 318 g/mol. The van der Waals surface area contributed by atoms with Gasteiger partial charge in [0.15, 0.2) is 0 Å². The van der Waals surface area contributed by atoms with Gasteiger partial charge in [0.2, 0.25) is 0 Å². The van der Waals surface area contributed by atoms with E-state index in [9.17, 15) is 4.79 Å². The fraction of sp³-hybridized carbons (Fsp3) is 0.833. The molecule has 0 aromatic rings. The van der Waals surface area contributed by atoms with E-state index < -0.39 is 6.09 Å². The zero-order valence-electron chi connectivity index (χ0n) is 6.46. The van der Waals surface area contributed by atoms with Gasteiger partial charge in [-0.1, -0.05) is 0 Å². The molecule has 0 aromatic carbocycles. The largest absolute Gasteiger partial charge is 0.465 e. The second kappa shape index (κ2) is 4.71. The topological polar surface area (TPSA) is 43.8 Å². The summed E-state index contributed by atoms with van der Waals surface area (Å²) < 4.78 is 0. The number of carbonyl (C=O) groups is 1. The maximum absolute atomic E-state index is 10.4. The third-order valence-corrected chi connectivity index (χ3v) is 1.77. The van der Waals surface area contributed by atoms with Gasteiger partial charge in [0.25, 0.3) is 0 Å². The number of nitrogens with zero attached hydrogens (tertiary/aromatic N) is 2. The molecule has 1 heterocycles. The molecule has 0 saturated carbocycles. The van der Waals surface area contributed by atoms with E-state index in [4.69, 9.17) is 5.11 Å². The molecule has 65 valence electrons. The van der Waals surface area contributed by atoms with Gasteiger partial charge in [0.1, 0.15) is 0 Å². The molecule has 1 amide bonds. The summed E-state index contributed by atoms with van der Waals surface area (Å²) >= 11 is 0. The van der Waals surface area contributed by atoms with Crippen molar-refractivity contribution in [3.8, 4) is 0 Å². The number of hydrogen-bond acceptors (Lipinski definition) is 2. The summed E-state index contributed by atoms with van der Waals surface area (Å²) in [6, 6.07) is 0. The van der Waals surface area contributed by atoms with E-state index in [0.717, 1.165) is 13.1 Å². The monoisotopic (exact) mass is 331 g/mol. The van der Waals surface area contributed by atoms with Crippen LogP contribution in [0.2, 0.25) is 0 Å². The van der Waals surface area contributed by atoms with E-state index in [1.165, 1.54) is 4.90 Å². The van der Waals surface area contributed by atoms with Crippen LogP contribution in [0, 0.1) is 0 Å². The molecule has 0 aromatic heterocycles. The third-order valence-electron chi connectivity index (χ3n) is 1.77. The third kappa shape index (κ3) is 3.19. The van der Waals surface area contributed by atoms with Gasteiger partial charge in [0, 0.05) is 46.6 Å². The van der Waals surface area contributed by atoms with Crippen LogP contribution in [0.4, 0.5) is 4.79 Å². The van der Waals surface area contributed by atoms with E-state index in [-0.39, 0.29) is 20.4 Å². The van der Waals surface area contributed by atoms with Crippen LogP contribution in [0.1, 0.15) is 0 Å². The summed E-state index contributed by atoms with van der Waals surface area (Å²) in [7, 11) is 2.00. The number of carboxylic acid groups (broad SMARTS) is 1. The van der Waals surface area contributed by atoms with Crippen LogP contribution in [-0.2, 0) is 20.4 Å². The molecule has 1 aliphatic rings. The van der Waals surface area contributed by atoms with E-state index in [1.807, 2.05) is 7.05 Å². The van der Waals surface area contributed by atoms with Crippen molar-refractivity contribution in [1.29, 1.82) is 0 Å². The SMILES string of the molecule is CN1CCN(C(=O)O)CC1.[Re]. The van der Waals surface area contributed by atoms with Gasteiger partial charge in [-0.05, 0) is 7.05 Å². The fourth-order valence-corrected chi connectivity index (χ4v) is 0.998. The van der Waals surface area contributed by atoms with Gasteiger partial charge in [-0.3, -0.25) is 0 Å². The van der Waals surface area contributed by atoms with Crippen LogP contribution < -0.4 is 0 Å². The van der Waals surface area contributed by atoms with Crippen molar-refractivity contribution in [3.05, 3.63) is 0 Å². The zero-order valence-corrected chi connectivity index (χ0v) is 9.17. The fourth-order valence-electron chi connectivity index (χ4n) is 0.998. The molecule has 1 aliphatic heterocycles. The Hall–Kier alpha value is -0.108. The smallest absolute Gasteiger partial charge is 0.407 e. The second-order valence-electron chi connectivity index (χ2n) is 2.57. The summed E-state index contributed by atoms with van der Waals surface area (Å²) in [5, 5.41) is 8.53. The summed E-state index contributed by atoms with van der Waals surface area (Å²) in [5.41, 5.74) is 0. The molecule has 0 unspecified atom stereocenters. The predicted octanol–water partition coefficient (Wildman–Crippen LogP) is -0.0907. The first-order chi connectivity index (χ1) is 4.70. The van der Waals surface area contributed by atoms with Crippen LogP contribution in [0.25, 0.3) is 0 Å². The second-order valence-corrected chi connectivity index (χ2v) is 2.57. The first-order valence-corrected chi connectivity index (χ1v) is 3.36. The Morgan fingerprint density at radius 2 is 1.73 bits per heavy atom. The molecule has 0 bridgehead atoms. The minimum Gasteiger partial charge on any atom is -0.465 e. The predicted molar refractivity (Wildman–Crippen MR) is 37.1 cm³/mol. The van der Waals surface area contributed by atoms with Gasteiger partial charge >= 0.3 is 6.09 Å². The molecule has 5 heteroatoms. The van der Waals surface area contributed by atoms with E-state index in [1.54, 1.807) is 0 Å². The number of rotatable bonds is 0. The molecular formula is C6H12N2O2Re. The van der Waals surface area contributed by atoms with Crippen molar-refractivity contribution in [2.45, 2.75) is 0 Å². The van der Waals surface area contributed by atoms with Crippen molar-refractivity contribution < 1.29 is 30.3 Å². The summed E-state index contributed by atoms with van der Waals surface area (Å²) in [5.74, 6) is 0. The van der Waals surface area contributed by atoms with Gasteiger partial charge in [-0.25, -0.2) is 4.79 Å². The van der Waals surface area contributed by atoms with Crippen molar-refractivity contribution in [1.82, 2.24) is 9.80 Å². The van der Waals surface area contributed by atoms with Crippen molar-refractivity contribution in [3.63, 3.8) is 0 Å². The van der Waals surface area contributed by atoms with E-state index in [0.29, 0.717) is 13.1 Å². The summed E-state index contributed by atoms with van der Waals surface area (Å²) in [6.45, 7) is 3.00. The number of piperazine rings is 1. The summed E-state index contributed by atoms with van der Waals surface area (Å²) in [6.07, 6.45) is -0.798. The Bertz CT molecular complexity index is 135. The molecule has 4 nitrogen and oxygen atoms in total. The van der Waals surface area contributed by atoms with E-state index in [2.05, 4.69) is 4.90 Å². The van der Waals surface area contributed by atoms with Crippen LogP contribution >= 0.6 is 0 Å². The van der Waals surface area contributed by atoms with Crippen molar-refractivity contribution in [2.75, 3.05) is 33.2 Å². The normalized spacial score (nSPS) is 19.2. The average Bonchev–Trinajstić information content (AvgIpc) is 1.88. The number of likely N-dealkylation sites (N-methyl/N-ethyl adjacent to an activating group) is 1. The quantitative estimate of drug-likeness (QED) is 0.675. The van der Waals surface area contributed by atoms with Gasteiger partial charge < -0.3 is 14.9 Å². The van der Waals surface area contributed by atoms with E-state index >= 15 is 0 Å². The van der Waals surface area contributed by atoms with Crippen molar-refractivity contribution in [2.24, 2.45) is 0 Å². The first-order valence-electron chi connectivity index (χ1n) is 3.36. The number of hydrogen-bond donors (Lipinski definition) is 1. The van der Waals surface area contributed by atoms with Crippen molar-refractivity contribution >= 4 is 6.09 Å². The standard InChI is InChI=1S/C6H12N2O2.Re/c1-7-2-4-8(5-3-7)6(9)10;/h2-5H2,1H3,(H,9,10);. The first kappa shape index (κ1) is 10.9. The Morgan fingerprint density at radius 1 is 1.27 bits per heavy atom. The Kier molecular flexibility index (Phi) is 4.66. The van der Waals surface area contributed by atoms with Gasteiger partial charge in [-0.15, -0.1) is 0 Å². The van der Waals surface area contributed by atoms with Gasteiger partial charge in [0.05, 0.1) is 0 Å². The van der Waals surface area contributed by atoms with Crippen LogP contribution in [-0.4, -0.2) is 54.2 Å². The molecule has 1 saturated heterocycles. The minimum absolute atomic E-state index is 0. The molecule has 0 atom stereocenters. The molecule has 1 N–H and O–H groups in total. The molecule has 0 aliphatic carbocycles. The molecule has 1 fully saturated rings. The maximum atomic E-state index is 10.4. The molecule has 1 radical (unpaired) electrons. The minimum atomic E-state index is -0.798. The Labute approximate surface area is 79.8 Å². The van der Waals surface area contributed by atoms with Crippen LogP contribution in [0.15, 0.2) is 0 Å². The van der Waals surface area contributed by atoms with Crippen LogP contribution in [0.3, 0.4) is 0 Å². The Morgan fingerprint density at radius 3 is 2.09 bits per heavy atom. The molecule has 11 heavy (non-hydrogen) atoms.